The van der Waals surface area contributed by atoms with Gasteiger partial charge in [0.2, 0.25) is 0 Å². The number of carbonyl (C=O) groups excluding carboxylic acids is 1. The number of para-hydroxylation sites is 1. The Balaban J connectivity index is 1.45. The van der Waals surface area contributed by atoms with E-state index in [1.165, 1.54) is 54.1 Å². The largest absolute Gasteiger partial charge is 0.322 e. The summed E-state index contributed by atoms with van der Waals surface area (Å²) < 4.78 is 41.2. The number of amides is 1. The van der Waals surface area contributed by atoms with Crippen molar-refractivity contribution in [1.82, 2.24) is 4.90 Å². The van der Waals surface area contributed by atoms with Crippen LogP contribution >= 0.6 is 11.8 Å². The highest BCUT2D eigenvalue weighted by Crippen LogP contribution is 2.23. The van der Waals surface area contributed by atoms with Gasteiger partial charge in [0.1, 0.15) is 5.82 Å². The summed E-state index contributed by atoms with van der Waals surface area (Å²) in [6.07, 6.45) is 0. The molecule has 2 N–H and O–H groups in total. The van der Waals surface area contributed by atoms with Gasteiger partial charge in [-0.25, -0.2) is 12.8 Å². The SMILES string of the molecule is Cc1c(CN2CCSCC2)cccc1NC(=O)c1ccc(S(=O)(=O)Nc2ccccc2F)cc1. The third kappa shape index (κ3) is 5.78. The molecule has 1 fully saturated rings. The molecule has 0 spiro atoms. The first kappa shape index (κ1) is 24.3. The zero-order valence-corrected chi connectivity index (χ0v) is 20.4. The van der Waals surface area contributed by atoms with E-state index in [9.17, 15) is 17.6 Å². The molecule has 0 bridgehead atoms. The number of hydrogen-bond acceptors (Lipinski definition) is 5. The second kappa shape index (κ2) is 10.6. The molecule has 1 heterocycles. The lowest BCUT2D eigenvalue weighted by molar-refractivity contribution is 0.102. The Bertz CT molecular complexity index is 1270. The van der Waals surface area contributed by atoms with E-state index in [4.69, 9.17) is 0 Å². The van der Waals surface area contributed by atoms with Gasteiger partial charge in [0.05, 0.1) is 10.6 Å². The van der Waals surface area contributed by atoms with Gasteiger partial charge in [-0.2, -0.15) is 11.8 Å². The second-order valence-electron chi connectivity index (χ2n) is 8.04. The molecule has 0 aliphatic carbocycles. The van der Waals surface area contributed by atoms with E-state index in [2.05, 4.69) is 21.0 Å². The van der Waals surface area contributed by atoms with Crippen molar-refractivity contribution >= 4 is 39.1 Å². The molecule has 1 aliphatic rings. The average molecular weight is 500 g/mol. The van der Waals surface area contributed by atoms with Crippen molar-refractivity contribution in [3.63, 3.8) is 0 Å². The summed E-state index contributed by atoms with van der Waals surface area (Å²) in [5.74, 6) is 1.27. The standard InChI is InChI=1S/C25H26FN3O3S2/c1-18-20(17-29-13-15-33-16-14-29)5-4-8-23(18)27-25(30)19-9-11-21(12-10-19)34(31,32)28-24-7-3-2-6-22(24)26/h2-12,28H,13-17H2,1H3,(H,27,30). The first-order chi connectivity index (χ1) is 16.3. The number of benzene rings is 3. The molecule has 1 amide bonds. The molecule has 0 unspecified atom stereocenters. The van der Waals surface area contributed by atoms with E-state index < -0.39 is 15.8 Å². The van der Waals surface area contributed by atoms with Crippen LogP contribution in [0, 0.1) is 12.7 Å². The number of carbonyl (C=O) groups is 1. The van der Waals surface area contributed by atoms with Crippen molar-refractivity contribution in [3.8, 4) is 0 Å². The van der Waals surface area contributed by atoms with E-state index in [0.29, 0.717) is 5.56 Å². The van der Waals surface area contributed by atoms with Crippen LogP contribution in [0.2, 0.25) is 0 Å². The van der Waals surface area contributed by atoms with Crippen LogP contribution in [-0.4, -0.2) is 43.8 Å². The van der Waals surface area contributed by atoms with E-state index in [-0.39, 0.29) is 16.5 Å². The first-order valence-corrected chi connectivity index (χ1v) is 13.5. The van der Waals surface area contributed by atoms with Gasteiger partial charge in [-0.15, -0.1) is 0 Å². The molecule has 0 aromatic heterocycles. The lowest BCUT2D eigenvalue weighted by Gasteiger charge is -2.27. The number of anilines is 2. The fourth-order valence-electron chi connectivity index (χ4n) is 3.72. The molecule has 0 saturated carbocycles. The minimum Gasteiger partial charge on any atom is -0.322 e. The summed E-state index contributed by atoms with van der Waals surface area (Å²) in [4.78, 5) is 15.2. The minimum absolute atomic E-state index is 0.0647. The normalized spacial score (nSPS) is 14.5. The molecule has 1 saturated heterocycles. The fraction of sp³-hybridized carbons (Fsp3) is 0.240. The molecule has 0 atom stereocenters. The van der Waals surface area contributed by atoms with Crippen molar-refractivity contribution in [2.45, 2.75) is 18.4 Å². The number of hydrogen-bond donors (Lipinski definition) is 2. The van der Waals surface area contributed by atoms with E-state index in [1.807, 2.05) is 30.8 Å². The van der Waals surface area contributed by atoms with Crippen LogP contribution in [0.3, 0.4) is 0 Å². The van der Waals surface area contributed by atoms with Gasteiger partial charge in [0.25, 0.3) is 15.9 Å². The summed E-state index contributed by atoms with van der Waals surface area (Å²) >= 11 is 1.97. The summed E-state index contributed by atoms with van der Waals surface area (Å²) in [5.41, 5.74) is 3.10. The number of halogens is 1. The summed E-state index contributed by atoms with van der Waals surface area (Å²) in [7, 11) is -3.99. The zero-order chi connectivity index (χ0) is 24.1. The van der Waals surface area contributed by atoms with Crippen molar-refractivity contribution < 1.29 is 17.6 Å². The molecule has 1 aliphatic heterocycles. The Kier molecular flexibility index (Phi) is 7.55. The Hall–Kier alpha value is -2.88. The molecule has 3 aromatic carbocycles. The van der Waals surface area contributed by atoms with Crippen molar-refractivity contribution in [1.29, 1.82) is 0 Å². The van der Waals surface area contributed by atoms with Crippen LogP contribution in [0.1, 0.15) is 21.5 Å². The lowest BCUT2D eigenvalue weighted by atomic mass is 10.1. The highest BCUT2D eigenvalue weighted by atomic mass is 32.2. The summed E-state index contributed by atoms with van der Waals surface area (Å²) in [5, 5.41) is 2.93. The van der Waals surface area contributed by atoms with Crippen LogP contribution in [0.15, 0.2) is 71.6 Å². The van der Waals surface area contributed by atoms with Gasteiger partial charge in [-0.3, -0.25) is 14.4 Å². The third-order valence-corrected chi connectivity index (χ3v) is 8.06. The molecule has 3 aromatic rings. The number of nitrogens with zero attached hydrogens (tertiary/aromatic N) is 1. The lowest BCUT2D eigenvalue weighted by Crippen LogP contribution is -2.32. The minimum atomic E-state index is -3.99. The van der Waals surface area contributed by atoms with Gasteiger partial charge < -0.3 is 5.32 Å². The molecule has 4 rings (SSSR count). The Morgan fingerprint density at radius 2 is 1.65 bits per heavy atom. The van der Waals surface area contributed by atoms with Gasteiger partial charge in [-0.05, 0) is 60.5 Å². The molecule has 178 valence electrons. The average Bonchev–Trinajstić information content (AvgIpc) is 2.84. The molecule has 34 heavy (non-hydrogen) atoms. The zero-order valence-electron chi connectivity index (χ0n) is 18.8. The van der Waals surface area contributed by atoms with E-state index >= 15 is 0 Å². The third-order valence-electron chi connectivity index (χ3n) is 5.74. The van der Waals surface area contributed by atoms with Gasteiger partial charge in [-0.1, -0.05) is 24.3 Å². The molecule has 6 nitrogen and oxygen atoms in total. The van der Waals surface area contributed by atoms with Crippen molar-refractivity contribution in [2.24, 2.45) is 0 Å². The Labute approximate surface area is 203 Å². The van der Waals surface area contributed by atoms with E-state index in [1.54, 1.807) is 0 Å². The molecule has 9 heteroatoms. The first-order valence-electron chi connectivity index (χ1n) is 10.9. The number of nitrogens with one attached hydrogen (secondary N) is 2. The highest BCUT2D eigenvalue weighted by Gasteiger charge is 2.18. The number of rotatable bonds is 7. The maximum Gasteiger partial charge on any atom is 0.261 e. The van der Waals surface area contributed by atoms with Crippen LogP contribution in [0.5, 0.6) is 0 Å². The van der Waals surface area contributed by atoms with Crippen LogP contribution in [0.4, 0.5) is 15.8 Å². The van der Waals surface area contributed by atoms with Crippen LogP contribution < -0.4 is 10.0 Å². The smallest absolute Gasteiger partial charge is 0.261 e. The second-order valence-corrected chi connectivity index (χ2v) is 10.9. The maximum atomic E-state index is 13.8. The summed E-state index contributed by atoms with van der Waals surface area (Å²) in [6, 6.07) is 16.9. The quantitative estimate of drug-likeness (QED) is 0.491. The summed E-state index contributed by atoms with van der Waals surface area (Å²) in [6.45, 7) is 4.95. The van der Waals surface area contributed by atoms with Gasteiger partial charge >= 0.3 is 0 Å². The Morgan fingerprint density at radius 1 is 0.971 bits per heavy atom. The predicted molar refractivity (Wildman–Crippen MR) is 135 cm³/mol. The van der Waals surface area contributed by atoms with Crippen molar-refractivity contribution in [3.05, 3.63) is 89.2 Å². The van der Waals surface area contributed by atoms with Crippen molar-refractivity contribution in [2.75, 3.05) is 34.6 Å². The number of thioether (sulfide) groups is 1. The molecule has 0 radical (unpaired) electrons. The molecular weight excluding hydrogens is 473 g/mol. The topological polar surface area (TPSA) is 78.5 Å². The maximum absolute atomic E-state index is 13.8. The van der Waals surface area contributed by atoms with E-state index in [0.717, 1.165) is 42.4 Å². The molecular formula is C25H26FN3O3S2. The van der Waals surface area contributed by atoms with Gasteiger partial charge in [0.15, 0.2) is 0 Å². The van der Waals surface area contributed by atoms with Gasteiger partial charge in [0, 0.05) is 42.4 Å². The monoisotopic (exact) mass is 499 g/mol. The predicted octanol–water partition coefficient (Wildman–Crippen LogP) is 4.74. The Morgan fingerprint density at radius 3 is 2.35 bits per heavy atom. The highest BCUT2D eigenvalue weighted by molar-refractivity contribution is 7.99. The van der Waals surface area contributed by atoms with Crippen LogP contribution in [0.25, 0.3) is 0 Å². The van der Waals surface area contributed by atoms with Crippen LogP contribution in [-0.2, 0) is 16.6 Å². The number of sulfonamides is 1. The fourth-order valence-corrected chi connectivity index (χ4v) is 5.76.